The van der Waals surface area contributed by atoms with Gasteiger partial charge in [-0.1, -0.05) is 18.5 Å². The molecule has 1 saturated heterocycles. The van der Waals surface area contributed by atoms with Gasteiger partial charge in [0.1, 0.15) is 0 Å². The lowest BCUT2D eigenvalue weighted by atomic mass is 10.1. The van der Waals surface area contributed by atoms with Crippen molar-refractivity contribution in [2.45, 2.75) is 32.4 Å². The average Bonchev–Trinajstić information content (AvgIpc) is 2.63. The Labute approximate surface area is 132 Å². The standard InChI is InChI=1S/C16H25ClN2O2/c1-4-14-11-18(2)6-5-7-19(14)10-12-8-13(17)9-15(21-3)16(12)20/h8-9,14,20H,4-7,10-11H2,1-3H3. The van der Waals surface area contributed by atoms with Crippen molar-refractivity contribution in [3.63, 3.8) is 0 Å². The van der Waals surface area contributed by atoms with Crippen LogP contribution in [0.3, 0.4) is 0 Å². The fraction of sp³-hybridized carbons (Fsp3) is 0.625. The van der Waals surface area contributed by atoms with Crippen molar-refractivity contribution < 1.29 is 9.84 Å². The topological polar surface area (TPSA) is 35.9 Å². The molecule has 1 fully saturated rings. The van der Waals surface area contributed by atoms with E-state index in [9.17, 15) is 5.11 Å². The lowest BCUT2D eigenvalue weighted by molar-refractivity contribution is 0.174. The molecular formula is C16H25ClN2O2. The quantitative estimate of drug-likeness (QED) is 0.927. The maximum Gasteiger partial charge on any atom is 0.162 e. The summed E-state index contributed by atoms with van der Waals surface area (Å²) in [6, 6.07) is 3.98. The molecule has 0 amide bonds. The van der Waals surface area contributed by atoms with Crippen LogP contribution in [-0.2, 0) is 6.54 Å². The Bertz CT molecular complexity index is 482. The highest BCUT2D eigenvalue weighted by Gasteiger charge is 2.23. The number of aromatic hydroxyl groups is 1. The van der Waals surface area contributed by atoms with Gasteiger partial charge in [0.05, 0.1) is 7.11 Å². The van der Waals surface area contributed by atoms with Crippen LogP contribution in [0, 0.1) is 0 Å². The zero-order chi connectivity index (χ0) is 15.4. The van der Waals surface area contributed by atoms with E-state index in [1.807, 2.05) is 6.07 Å². The highest BCUT2D eigenvalue weighted by Crippen LogP contribution is 2.34. The van der Waals surface area contributed by atoms with E-state index in [4.69, 9.17) is 16.3 Å². The number of rotatable bonds is 4. The summed E-state index contributed by atoms with van der Waals surface area (Å²) in [4.78, 5) is 4.82. The van der Waals surface area contributed by atoms with Crippen LogP contribution in [-0.4, -0.2) is 54.7 Å². The first-order valence-corrected chi connectivity index (χ1v) is 7.91. The number of hydrogen-bond donors (Lipinski definition) is 1. The smallest absolute Gasteiger partial charge is 0.162 e. The minimum absolute atomic E-state index is 0.203. The van der Waals surface area contributed by atoms with E-state index in [1.165, 1.54) is 0 Å². The maximum atomic E-state index is 10.3. The summed E-state index contributed by atoms with van der Waals surface area (Å²) in [5.41, 5.74) is 0.836. The summed E-state index contributed by atoms with van der Waals surface area (Å²) < 4.78 is 5.19. The molecule has 1 aliphatic rings. The molecule has 4 nitrogen and oxygen atoms in total. The lowest BCUT2D eigenvalue weighted by Gasteiger charge is -2.30. The van der Waals surface area contributed by atoms with Crippen molar-refractivity contribution in [2.24, 2.45) is 0 Å². The van der Waals surface area contributed by atoms with E-state index in [2.05, 4.69) is 23.8 Å². The normalized spacial score (nSPS) is 21.2. The minimum Gasteiger partial charge on any atom is -0.504 e. The molecular weight excluding hydrogens is 288 g/mol. The molecule has 5 heteroatoms. The van der Waals surface area contributed by atoms with Crippen LogP contribution in [0.25, 0.3) is 0 Å². The van der Waals surface area contributed by atoms with Gasteiger partial charge in [-0.2, -0.15) is 0 Å². The largest absolute Gasteiger partial charge is 0.504 e. The van der Waals surface area contributed by atoms with E-state index in [-0.39, 0.29) is 5.75 Å². The van der Waals surface area contributed by atoms with Crippen LogP contribution in [0.1, 0.15) is 25.3 Å². The van der Waals surface area contributed by atoms with Gasteiger partial charge in [-0.3, -0.25) is 4.90 Å². The highest BCUT2D eigenvalue weighted by molar-refractivity contribution is 6.30. The van der Waals surface area contributed by atoms with Crippen molar-refractivity contribution in [1.82, 2.24) is 9.80 Å². The van der Waals surface area contributed by atoms with E-state index < -0.39 is 0 Å². The van der Waals surface area contributed by atoms with Crippen LogP contribution in [0.4, 0.5) is 0 Å². The second-order valence-corrected chi connectivity index (χ2v) is 6.20. The molecule has 1 N–H and O–H groups in total. The Kier molecular flexibility index (Phi) is 5.73. The summed E-state index contributed by atoms with van der Waals surface area (Å²) in [7, 11) is 3.72. The number of methoxy groups -OCH3 is 1. The van der Waals surface area contributed by atoms with Gasteiger partial charge in [-0.15, -0.1) is 0 Å². The second-order valence-electron chi connectivity index (χ2n) is 5.76. The number of phenolic OH excluding ortho intramolecular Hbond substituents is 1. The average molecular weight is 313 g/mol. The Balaban J connectivity index is 2.21. The fourth-order valence-corrected chi connectivity index (χ4v) is 3.24. The molecule has 1 atom stereocenters. The van der Waals surface area contributed by atoms with Gasteiger partial charge in [0.25, 0.3) is 0 Å². The van der Waals surface area contributed by atoms with Gasteiger partial charge in [-0.05, 0) is 32.5 Å². The monoisotopic (exact) mass is 312 g/mol. The first-order chi connectivity index (χ1) is 10.0. The molecule has 2 rings (SSSR count). The van der Waals surface area contributed by atoms with Crippen LogP contribution in [0.2, 0.25) is 5.02 Å². The summed E-state index contributed by atoms with van der Waals surface area (Å²) in [5.74, 6) is 0.645. The molecule has 0 aromatic heterocycles. The number of hydrogen-bond acceptors (Lipinski definition) is 4. The van der Waals surface area contributed by atoms with Crippen LogP contribution in [0.15, 0.2) is 12.1 Å². The predicted octanol–water partition coefficient (Wildman–Crippen LogP) is 2.97. The third-order valence-corrected chi connectivity index (χ3v) is 4.43. The van der Waals surface area contributed by atoms with Gasteiger partial charge in [-0.25, -0.2) is 0 Å². The molecule has 118 valence electrons. The second kappa shape index (κ2) is 7.34. The molecule has 0 radical (unpaired) electrons. The lowest BCUT2D eigenvalue weighted by Crippen LogP contribution is -2.39. The highest BCUT2D eigenvalue weighted by atomic mass is 35.5. The summed E-state index contributed by atoms with van der Waals surface area (Å²) in [5, 5.41) is 10.9. The van der Waals surface area contributed by atoms with Crippen molar-refractivity contribution in [2.75, 3.05) is 33.8 Å². The van der Waals surface area contributed by atoms with E-state index in [1.54, 1.807) is 13.2 Å². The number of phenols is 1. The van der Waals surface area contributed by atoms with Gasteiger partial charge in [0.15, 0.2) is 11.5 Å². The van der Waals surface area contributed by atoms with E-state index >= 15 is 0 Å². The van der Waals surface area contributed by atoms with Crippen molar-refractivity contribution in [1.29, 1.82) is 0 Å². The molecule has 0 aliphatic carbocycles. The Hall–Kier alpha value is -0.970. The fourth-order valence-electron chi connectivity index (χ4n) is 3.01. The minimum atomic E-state index is 0.203. The van der Waals surface area contributed by atoms with Gasteiger partial charge >= 0.3 is 0 Å². The Morgan fingerprint density at radius 3 is 2.81 bits per heavy atom. The molecule has 1 aromatic carbocycles. The van der Waals surface area contributed by atoms with Gasteiger partial charge < -0.3 is 14.7 Å². The summed E-state index contributed by atoms with van der Waals surface area (Å²) in [6.07, 6.45) is 2.24. The van der Waals surface area contributed by atoms with Crippen molar-refractivity contribution in [3.8, 4) is 11.5 Å². The van der Waals surface area contributed by atoms with Crippen LogP contribution < -0.4 is 4.74 Å². The molecule has 0 saturated carbocycles. The zero-order valence-electron chi connectivity index (χ0n) is 13.1. The first kappa shape index (κ1) is 16.4. The van der Waals surface area contributed by atoms with E-state index in [0.717, 1.165) is 38.0 Å². The number of halogens is 1. The van der Waals surface area contributed by atoms with Crippen LogP contribution >= 0.6 is 11.6 Å². The SMILES string of the molecule is CCC1CN(C)CCCN1Cc1cc(Cl)cc(OC)c1O. The molecule has 1 unspecified atom stereocenters. The number of ether oxygens (including phenoxy) is 1. The molecule has 21 heavy (non-hydrogen) atoms. The number of nitrogens with zero attached hydrogens (tertiary/aromatic N) is 2. The van der Waals surface area contributed by atoms with Crippen molar-refractivity contribution in [3.05, 3.63) is 22.7 Å². The number of benzene rings is 1. The molecule has 1 heterocycles. The first-order valence-electron chi connectivity index (χ1n) is 7.53. The summed E-state index contributed by atoms with van der Waals surface area (Å²) >= 11 is 6.13. The molecule has 1 aliphatic heterocycles. The third-order valence-electron chi connectivity index (χ3n) is 4.21. The molecule has 1 aromatic rings. The third kappa shape index (κ3) is 4.02. The van der Waals surface area contributed by atoms with Crippen molar-refractivity contribution >= 4 is 11.6 Å². The van der Waals surface area contributed by atoms with Gasteiger partial charge in [0, 0.05) is 42.3 Å². The predicted molar refractivity (Wildman–Crippen MR) is 86.3 cm³/mol. The Morgan fingerprint density at radius 2 is 2.14 bits per heavy atom. The van der Waals surface area contributed by atoms with E-state index in [0.29, 0.717) is 23.4 Å². The Morgan fingerprint density at radius 1 is 1.38 bits per heavy atom. The number of likely N-dealkylation sites (N-methyl/N-ethyl adjacent to an activating group) is 1. The maximum absolute atomic E-state index is 10.3. The zero-order valence-corrected chi connectivity index (χ0v) is 13.9. The summed E-state index contributed by atoms with van der Waals surface area (Å²) in [6.45, 7) is 6.15. The van der Waals surface area contributed by atoms with Crippen LogP contribution in [0.5, 0.6) is 11.5 Å². The molecule has 0 bridgehead atoms. The van der Waals surface area contributed by atoms with Gasteiger partial charge in [0.2, 0.25) is 0 Å². The molecule has 0 spiro atoms.